The third-order valence-electron chi connectivity index (χ3n) is 6.93. The molecule has 2 aromatic heterocycles. The first-order valence-electron chi connectivity index (χ1n) is 11.3. The lowest BCUT2D eigenvalue weighted by atomic mass is 9.59. The molecular formula is C28H26N4. The van der Waals surface area contributed by atoms with E-state index in [1.165, 1.54) is 22.3 Å². The van der Waals surface area contributed by atoms with Crippen LogP contribution in [0.2, 0.25) is 0 Å². The van der Waals surface area contributed by atoms with Gasteiger partial charge < -0.3 is 10.6 Å². The number of hydrogen-bond donors (Lipinski definition) is 2. The largest absolute Gasteiger partial charge is 0.306 e. The van der Waals surface area contributed by atoms with Crippen molar-refractivity contribution >= 4 is 0 Å². The normalized spacial score (nSPS) is 22.9. The minimum Gasteiger partial charge on any atom is -0.306 e. The van der Waals surface area contributed by atoms with Crippen molar-refractivity contribution in [2.75, 3.05) is 0 Å². The number of fused-ring (bicyclic) bond motifs is 1. The highest BCUT2D eigenvalue weighted by Gasteiger charge is 2.49. The second-order valence-electron chi connectivity index (χ2n) is 8.67. The van der Waals surface area contributed by atoms with E-state index in [-0.39, 0.29) is 12.1 Å². The summed E-state index contributed by atoms with van der Waals surface area (Å²) in [7, 11) is 0. The maximum absolute atomic E-state index is 4.54. The van der Waals surface area contributed by atoms with Gasteiger partial charge in [-0.1, -0.05) is 60.7 Å². The van der Waals surface area contributed by atoms with Crippen molar-refractivity contribution < 1.29 is 0 Å². The van der Waals surface area contributed by atoms with Crippen molar-refractivity contribution in [2.24, 2.45) is 0 Å². The number of hydrogen-bond acceptors (Lipinski definition) is 4. The minimum atomic E-state index is 0.260. The molecule has 2 atom stereocenters. The highest BCUT2D eigenvalue weighted by Crippen LogP contribution is 2.52. The third kappa shape index (κ3) is 3.32. The molecule has 158 valence electrons. The Labute approximate surface area is 188 Å². The third-order valence-corrected chi connectivity index (χ3v) is 6.93. The Kier molecular flexibility index (Phi) is 5.02. The lowest BCUT2D eigenvalue weighted by Crippen LogP contribution is -2.59. The zero-order valence-electron chi connectivity index (χ0n) is 17.9. The molecule has 4 heteroatoms. The Balaban J connectivity index is 1.40. The summed E-state index contributed by atoms with van der Waals surface area (Å²) in [6, 6.07) is 30.7. The van der Waals surface area contributed by atoms with Gasteiger partial charge in [-0.15, -0.1) is 0 Å². The summed E-state index contributed by atoms with van der Waals surface area (Å²) in [5, 5.41) is 7.78. The van der Waals surface area contributed by atoms with E-state index >= 15 is 0 Å². The van der Waals surface area contributed by atoms with Gasteiger partial charge in [0.1, 0.15) is 0 Å². The van der Waals surface area contributed by atoms with E-state index in [1.807, 2.05) is 24.5 Å². The fourth-order valence-corrected chi connectivity index (χ4v) is 5.62. The smallest absolute Gasteiger partial charge is 0.0541 e. The van der Waals surface area contributed by atoms with Gasteiger partial charge in [-0.2, -0.15) is 0 Å². The zero-order chi connectivity index (χ0) is 21.3. The molecule has 2 N–H and O–H groups in total. The molecule has 2 aromatic carbocycles. The van der Waals surface area contributed by atoms with Crippen molar-refractivity contribution in [1.29, 1.82) is 0 Å². The number of nitrogens with one attached hydrogen (secondary N) is 2. The van der Waals surface area contributed by atoms with Gasteiger partial charge in [-0.25, -0.2) is 0 Å². The SMILES string of the molecule is c1ccc(CN[C@@H]2C3c4ccccc4C(c4ccccc43)[C@H]2NCc2ccccn2)nc1. The van der Waals surface area contributed by atoms with Crippen LogP contribution >= 0.6 is 0 Å². The van der Waals surface area contributed by atoms with Gasteiger partial charge in [0.05, 0.1) is 11.4 Å². The van der Waals surface area contributed by atoms with Crippen LogP contribution in [0, 0.1) is 0 Å². The maximum Gasteiger partial charge on any atom is 0.0541 e. The summed E-state index contributed by atoms with van der Waals surface area (Å²) < 4.78 is 0. The van der Waals surface area contributed by atoms with Crippen LogP contribution in [-0.2, 0) is 13.1 Å². The number of benzene rings is 2. The lowest BCUT2D eigenvalue weighted by Gasteiger charge is -2.51. The minimum absolute atomic E-state index is 0.260. The molecule has 0 spiro atoms. The van der Waals surface area contributed by atoms with E-state index < -0.39 is 0 Å². The van der Waals surface area contributed by atoms with E-state index in [0.717, 1.165) is 24.5 Å². The van der Waals surface area contributed by atoms with Crippen molar-refractivity contribution in [2.45, 2.75) is 37.0 Å². The summed E-state index contributed by atoms with van der Waals surface area (Å²) in [6.07, 6.45) is 3.73. The predicted molar refractivity (Wildman–Crippen MR) is 126 cm³/mol. The summed E-state index contributed by atoms with van der Waals surface area (Å²) in [6.45, 7) is 1.50. The fourth-order valence-electron chi connectivity index (χ4n) is 5.62. The fraction of sp³-hybridized carbons (Fsp3) is 0.214. The van der Waals surface area contributed by atoms with Crippen molar-refractivity contribution in [3.63, 3.8) is 0 Å². The number of aromatic nitrogens is 2. The van der Waals surface area contributed by atoms with Crippen LogP contribution in [-0.4, -0.2) is 22.1 Å². The molecule has 3 aliphatic rings. The molecule has 0 radical (unpaired) electrons. The highest BCUT2D eigenvalue weighted by molar-refractivity contribution is 5.58. The van der Waals surface area contributed by atoms with E-state index in [0.29, 0.717) is 11.8 Å². The van der Waals surface area contributed by atoms with Gasteiger partial charge in [0.25, 0.3) is 0 Å². The van der Waals surface area contributed by atoms with Crippen LogP contribution in [0.15, 0.2) is 97.3 Å². The topological polar surface area (TPSA) is 49.8 Å². The van der Waals surface area contributed by atoms with E-state index in [2.05, 4.69) is 93.4 Å². The Morgan fingerprint density at radius 3 is 1.22 bits per heavy atom. The van der Waals surface area contributed by atoms with E-state index in [9.17, 15) is 0 Å². The van der Waals surface area contributed by atoms with Crippen LogP contribution < -0.4 is 10.6 Å². The molecular weight excluding hydrogens is 392 g/mol. The van der Waals surface area contributed by atoms with Crippen LogP contribution in [0.3, 0.4) is 0 Å². The molecule has 32 heavy (non-hydrogen) atoms. The van der Waals surface area contributed by atoms with Crippen molar-refractivity contribution in [1.82, 2.24) is 20.6 Å². The number of rotatable bonds is 6. The Morgan fingerprint density at radius 2 is 0.875 bits per heavy atom. The van der Waals surface area contributed by atoms with E-state index in [1.54, 1.807) is 0 Å². The van der Waals surface area contributed by atoms with Crippen molar-refractivity contribution in [3.05, 3.63) is 131 Å². The molecule has 0 unspecified atom stereocenters. The molecule has 0 aliphatic heterocycles. The predicted octanol–water partition coefficient (Wildman–Crippen LogP) is 4.38. The number of pyridine rings is 2. The Bertz CT molecular complexity index is 1070. The van der Waals surface area contributed by atoms with Crippen LogP contribution in [0.1, 0.15) is 45.5 Å². The molecule has 2 heterocycles. The van der Waals surface area contributed by atoms with Gasteiger partial charge in [-0.3, -0.25) is 9.97 Å². The molecule has 4 nitrogen and oxygen atoms in total. The van der Waals surface area contributed by atoms with Gasteiger partial charge in [0.2, 0.25) is 0 Å². The zero-order valence-corrected chi connectivity index (χ0v) is 17.9. The van der Waals surface area contributed by atoms with Gasteiger partial charge in [0, 0.05) is 49.4 Å². The van der Waals surface area contributed by atoms with E-state index in [4.69, 9.17) is 0 Å². The first-order chi connectivity index (χ1) is 15.9. The highest BCUT2D eigenvalue weighted by atomic mass is 15.1. The second kappa shape index (κ2) is 8.30. The first-order valence-corrected chi connectivity index (χ1v) is 11.3. The first kappa shape index (κ1) is 19.4. The van der Waals surface area contributed by atoms with Crippen LogP contribution in [0.25, 0.3) is 0 Å². The molecule has 0 saturated heterocycles. The molecule has 4 aromatic rings. The lowest BCUT2D eigenvalue weighted by molar-refractivity contribution is 0.275. The summed E-state index contributed by atoms with van der Waals surface area (Å²) >= 11 is 0. The quantitative estimate of drug-likeness (QED) is 0.488. The maximum atomic E-state index is 4.54. The molecule has 0 saturated carbocycles. The van der Waals surface area contributed by atoms with Crippen LogP contribution in [0.4, 0.5) is 0 Å². The average Bonchev–Trinajstić information content (AvgIpc) is 2.87. The van der Waals surface area contributed by atoms with Gasteiger partial charge >= 0.3 is 0 Å². The number of nitrogens with zero attached hydrogens (tertiary/aromatic N) is 2. The van der Waals surface area contributed by atoms with Gasteiger partial charge in [0.15, 0.2) is 0 Å². The summed E-state index contributed by atoms with van der Waals surface area (Å²) in [5.74, 6) is 0.606. The second-order valence-corrected chi connectivity index (χ2v) is 8.67. The standard InChI is InChI=1S/C28H26N4/c1-2-12-22-21(11-1)25-23-13-3-4-14-24(23)26(22)28(32-18-20-10-6-8-16-30-20)27(25)31-17-19-9-5-7-15-29-19/h1-16,25-28,31-32H,17-18H2/t25?,26?,27-,28-/m1/s1. The summed E-state index contributed by atoms with van der Waals surface area (Å²) in [4.78, 5) is 9.08. The Morgan fingerprint density at radius 1 is 0.500 bits per heavy atom. The average molecular weight is 419 g/mol. The molecule has 2 bridgehead atoms. The molecule has 0 amide bonds. The molecule has 3 aliphatic carbocycles. The summed E-state index contributed by atoms with van der Waals surface area (Å²) in [5.41, 5.74) is 7.94. The van der Waals surface area contributed by atoms with Crippen LogP contribution in [0.5, 0.6) is 0 Å². The Hall–Kier alpha value is -3.34. The molecule has 7 rings (SSSR count). The monoisotopic (exact) mass is 418 g/mol. The van der Waals surface area contributed by atoms with Crippen molar-refractivity contribution in [3.8, 4) is 0 Å². The molecule has 0 fully saturated rings. The van der Waals surface area contributed by atoms with Gasteiger partial charge in [-0.05, 0) is 46.5 Å².